The van der Waals surface area contributed by atoms with E-state index < -0.39 is 6.10 Å². The lowest BCUT2D eigenvalue weighted by molar-refractivity contribution is 0.199. The quantitative estimate of drug-likeness (QED) is 0.907. The second-order valence-corrected chi connectivity index (χ2v) is 5.57. The van der Waals surface area contributed by atoms with Gasteiger partial charge in [0.15, 0.2) is 0 Å². The van der Waals surface area contributed by atoms with Crippen LogP contribution in [0, 0.1) is 11.3 Å². The fourth-order valence-corrected chi connectivity index (χ4v) is 2.70. The number of aliphatic hydroxyl groups excluding tert-OH is 1. The van der Waals surface area contributed by atoms with Crippen molar-refractivity contribution in [2.45, 2.75) is 38.3 Å². The average molecular weight is 309 g/mol. The monoisotopic (exact) mass is 308 g/mol. The minimum absolute atomic E-state index is 0.455. The molecule has 96 valence electrons. The number of nitriles is 1. The number of halogens is 1. The van der Waals surface area contributed by atoms with Crippen molar-refractivity contribution < 1.29 is 5.11 Å². The van der Waals surface area contributed by atoms with Crippen LogP contribution in [0.4, 0.5) is 5.69 Å². The van der Waals surface area contributed by atoms with Crippen molar-refractivity contribution in [3.05, 3.63) is 28.2 Å². The van der Waals surface area contributed by atoms with Gasteiger partial charge in [0.25, 0.3) is 0 Å². The summed E-state index contributed by atoms with van der Waals surface area (Å²) in [5.74, 6) is 0. The van der Waals surface area contributed by atoms with Crippen LogP contribution < -0.4 is 4.90 Å². The summed E-state index contributed by atoms with van der Waals surface area (Å²) < 4.78 is 0.991. The Labute approximate surface area is 116 Å². The zero-order valence-corrected chi connectivity index (χ0v) is 12.0. The van der Waals surface area contributed by atoms with Crippen molar-refractivity contribution in [2.24, 2.45) is 0 Å². The molecule has 0 aliphatic heterocycles. The van der Waals surface area contributed by atoms with Crippen molar-refractivity contribution in [1.82, 2.24) is 0 Å². The highest BCUT2D eigenvalue weighted by Crippen LogP contribution is 2.37. The molecule has 0 spiro atoms. The maximum Gasteiger partial charge on any atom is 0.0762 e. The van der Waals surface area contributed by atoms with Crippen molar-refractivity contribution in [1.29, 1.82) is 5.26 Å². The minimum Gasteiger partial charge on any atom is -0.389 e. The first kappa shape index (κ1) is 13.4. The smallest absolute Gasteiger partial charge is 0.0762 e. The maximum atomic E-state index is 9.56. The normalized spacial score (nSPS) is 16.1. The molecular weight excluding hydrogens is 292 g/mol. The Kier molecular flexibility index (Phi) is 4.26. The Bertz CT molecular complexity index is 463. The van der Waals surface area contributed by atoms with Crippen LogP contribution in [-0.2, 0) is 0 Å². The van der Waals surface area contributed by atoms with E-state index in [1.165, 1.54) is 12.8 Å². The molecule has 0 amide bonds. The Hall–Kier alpha value is -1.05. The third-order valence-corrected chi connectivity index (χ3v) is 3.85. The molecule has 1 aromatic carbocycles. The van der Waals surface area contributed by atoms with E-state index in [2.05, 4.69) is 26.9 Å². The van der Waals surface area contributed by atoms with E-state index in [1.807, 2.05) is 18.2 Å². The SMILES string of the molecule is C[C@@H](O)c1ccc(N(CCC#N)C2CC2)c(Br)c1. The third-order valence-electron chi connectivity index (χ3n) is 3.22. The summed E-state index contributed by atoms with van der Waals surface area (Å²) in [5.41, 5.74) is 2.03. The summed E-state index contributed by atoms with van der Waals surface area (Å²) in [6.07, 6.45) is 2.50. The van der Waals surface area contributed by atoms with E-state index in [9.17, 15) is 5.11 Å². The molecule has 4 heteroatoms. The lowest BCUT2D eigenvalue weighted by atomic mass is 10.1. The predicted octanol–water partition coefficient (Wildman–Crippen LogP) is 3.38. The Morgan fingerprint density at radius 1 is 1.56 bits per heavy atom. The van der Waals surface area contributed by atoms with E-state index in [4.69, 9.17) is 5.26 Å². The molecule has 1 aromatic rings. The molecule has 1 atom stereocenters. The molecule has 2 rings (SSSR count). The van der Waals surface area contributed by atoms with Crippen LogP contribution in [0.25, 0.3) is 0 Å². The van der Waals surface area contributed by atoms with E-state index >= 15 is 0 Å². The molecular formula is C14H17BrN2O. The summed E-state index contributed by atoms with van der Waals surface area (Å²) in [6, 6.07) is 8.72. The number of benzene rings is 1. The fourth-order valence-electron chi connectivity index (χ4n) is 2.07. The lowest BCUT2D eigenvalue weighted by Crippen LogP contribution is -2.27. The van der Waals surface area contributed by atoms with Gasteiger partial charge in [-0.25, -0.2) is 0 Å². The first-order valence-electron chi connectivity index (χ1n) is 6.24. The van der Waals surface area contributed by atoms with Gasteiger partial charge < -0.3 is 10.0 Å². The summed E-state index contributed by atoms with van der Waals surface area (Å²) in [4.78, 5) is 2.29. The lowest BCUT2D eigenvalue weighted by Gasteiger charge is -2.25. The van der Waals surface area contributed by atoms with Gasteiger partial charge >= 0.3 is 0 Å². The van der Waals surface area contributed by atoms with Crippen molar-refractivity contribution in [3.8, 4) is 6.07 Å². The van der Waals surface area contributed by atoms with Crippen LogP contribution in [0.1, 0.15) is 37.9 Å². The molecule has 0 heterocycles. The van der Waals surface area contributed by atoms with Crippen molar-refractivity contribution in [2.75, 3.05) is 11.4 Å². The number of rotatable bonds is 5. The fraction of sp³-hybridized carbons (Fsp3) is 0.500. The van der Waals surface area contributed by atoms with Crippen LogP contribution in [0.3, 0.4) is 0 Å². The summed E-state index contributed by atoms with van der Waals surface area (Å²) in [5, 5.41) is 18.3. The van der Waals surface area contributed by atoms with Gasteiger partial charge in [-0.15, -0.1) is 0 Å². The van der Waals surface area contributed by atoms with E-state index in [0.717, 1.165) is 22.3 Å². The molecule has 1 fully saturated rings. The van der Waals surface area contributed by atoms with Crippen molar-refractivity contribution >= 4 is 21.6 Å². The van der Waals surface area contributed by atoms with Gasteiger partial charge in [0.05, 0.1) is 24.3 Å². The highest BCUT2D eigenvalue weighted by molar-refractivity contribution is 9.10. The number of nitrogens with zero attached hydrogens (tertiary/aromatic N) is 2. The average Bonchev–Trinajstić information content (AvgIpc) is 3.15. The molecule has 1 aliphatic rings. The molecule has 3 nitrogen and oxygen atoms in total. The van der Waals surface area contributed by atoms with Gasteiger partial charge in [0.2, 0.25) is 0 Å². The second kappa shape index (κ2) is 5.73. The molecule has 0 bridgehead atoms. The van der Waals surface area contributed by atoms with Crippen molar-refractivity contribution in [3.63, 3.8) is 0 Å². The summed E-state index contributed by atoms with van der Waals surface area (Å²) in [7, 11) is 0. The van der Waals surface area contributed by atoms with E-state index in [1.54, 1.807) is 6.92 Å². The summed E-state index contributed by atoms with van der Waals surface area (Å²) in [6.45, 7) is 2.53. The highest BCUT2D eigenvalue weighted by atomic mass is 79.9. The topological polar surface area (TPSA) is 47.3 Å². The maximum absolute atomic E-state index is 9.56. The van der Waals surface area contributed by atoms with Gasteiger partial charge in [-0.2, -0.15) is 5.26 Å². The first-order chi connectivity index (χ1) is 8.63. The number of hydrogen-bond donors (Lipinski definition) is 1. The van der Waals surface area contributed by atoms with Gasteiger partial charge in [-0.05, 0) is 53.4 Å². The molecule has 1 saturated carbocycles. The molecule has 18 heavy (non-hydrogen) atoms. The molecule has 1 N–H and O–H groups in total. The molecule has 1 aliphatic carbocycles. The summed E-state index contributed by atoms with van der Waals surface area (Å²) >= 11 is 3.57. The Morgan fingerprint density at radius 2 is 2.28 bits per heavy atom. The number of anilines is 1. The second-order valence-electron chi connectivity index (χ2n) is 4.72. The van der Waals surface area contributed by atoms with Crippen LogP contribution in [-0.4, -0.2) is 17.7 Å². The Morgan fingerprint density at radius 3 is 2.78 bits per heavy atom. The van der Waals surface area contributed by atoms with E-state index in [0.29, 0.717) is 12.5 Å². The number of aliphatic hydroxyl groups is 1. The molecule has 0 saturated heterocycles. The molecule has 0 radical (unpaired) electrons. The minimum atomic E-state index is -0.455. The zero-order chi connectivity index (χ0) is 13.1. The zero-order valence-electron chi connectivity index (χ0n) is 10.4. The third kappa shape index (κ3) is 3.04. The Balaban J connectivity index is 2.22. The van der Waals surface area contributed by atoms with Gasteiger partial charge in [-0.1, -0.05) is 6.07 Å². The van der Waals surface area contributed by atoms with Crippen LogP contribution in [0.15, 0.2) is 22.7 Å². The standard InChI is InChI=1S/C14H17BrN2O/c1-10(18)11-3-6-14(13(15)9-11)17(8-2-7-16)12-4-5-12/h3,6,9-10,12,18H,2,4-5,8H2,1H3/t10-/m1/s1. The largest absolute Gasteiger partial charge is 0.389 e. The van der Waals surface area contributed by atoms with Crippen LogP contribution in [0.5, 0.6) is 0 Å². The molecule has 0 unspecified atom stereocenters. The van der Waals surface area contributed by atoms with Gasteiger partial charge in [0, 0.05) is 17.1 Å². The van der Waals surface area contributed by atoms with E-state index in [-0.39, 0.29) is 0 Å². The number of hydrogen-bond acceptors (Lipinski definition) is 3. The van der Waals surface area contributed by atoms with Gasteiger partial charge in [0.1, 0.15) is 0 Å². The molecule has 0 aromatic heterocycles. The first-order valence-corrected chi connectivity index (χ1v) is 7.04. The highest BCUT2D eigenvalue weighted by Gasteiger charge is 2.29. The van der Waals surface area contributed by atoms with Crippen LogP contribution >= 0.6 is 15.9 Å². The van der Waals surface area contributed by atoms with Gasteiger partial charge in [-0.3, -0.25) is 0 Å². The predicted molar refractivity (Wildman–Crippen MR) is 75.4 cm³/mol. The van der Waals surface area contributed by atoms with Crippen LogP contribution in [0.2, 0.25) is 0 Å².